The van der Waals surface area contributed by atoms with Gasteiger partial charge in [-0.3, -0.25) is 9.78 Å². The Kier molecular flexibility index (Phi) is 4.45. The molecule has 1 saturated carbocycles. The van der Waals surface area contributed by atoms with Crippen LogP contribution in [0.4, 0.5) is 0 Å². The SMILES string of the molecule is CC(C)C1=CCC(NC(=O)C2CC(Oc3cccc4cccnc34)C2)=N1. The van der Waals surface area contributed by atoms with Gasteiger partial charge in [-0.15, -0.1) is 0 Å². The lowest BCUT2D eigenvalue weighted by molar-refractivity contribution is -0.129. The lowest BCUT2D eigenvalue weighted by Crippen LogP contribution is -2.45. The summed E-state index contributed by atoms with van der Waals surface area (Å²) in [5, 5.41) is 4.03. The molecule has 0 radical (unpaired) electrons. The Bertz CT molecular complexity index is 890. The van der Waals surface area contributed by atoms with Gasteiger partial charge in [0, 0.05) is 29.6 Å². The second-order valence-electron chi connectivity index (χ2n) is 7.28. The van der Waals surface area contributed by atoms with Crippen LogP contribution < -0.4 is 10.1 Å². The number of amidine groups is 1. The number of aromatic nitrogens is 1. The Balaban J connectivity index is 1.31. The van der Waals surface area contributed by atoms with Crippen LogP contribution in [-0.4, -0.2) is 22.8 Å². The highest BCUT2D eigenvalue weighted by atomic mass is 16.5. The zero-order valence-corrected chi connectivity index (χ0v) is 15.1. The van der Waals surface area contributed by atoms with Crippen LogP contribution in [0.25, 0.3) is 10.9 Å². The molecule has 0 atom stereocenters. The van der Waals surface area contributed by atoms with E-state index in [0.717, 1.165) is 41.0 Å². The highest BCUT2D eigenvalue weighted by Gasteiger charge is 2.37. The van der Waals surface area contributed by atoms with Crippen LogP contribution in [0.2, 0.25) is 0 Å². The van der Waals surface area contributed by atoms with Crippen molar-refractivity contribution < 1.29 is 9.53 Å². The van der Waals surface area contributed by atoms with E-state index in [4.69, 9.17) is 4.74 Å². The zero-order valence-electron chi connectivity index (χ0n) is 15.1. The quantitative estimate of drug-likeness (QED) is 0.912. The van der Waals surface area contributed by atoms with Gasteiger partial charge in [-0.25, -0.2) is 4.99 Å². The van der Waals surface area contributed by atoms with Crippen molar-refractivity contribution in [3.63, 3.8) is 0 Å². The normalized spacial score (nSPS) is 22.0. The summed E-state index contributed by atoms with van der Waals surface area (Å²) in [7, 11) is 0. The molecule has 0 saturated heterocycles. The number of hydrogen-bond acceptors (Lipinski definition) is 4. The summed E-state index contributed by atoms with van der Waals surface area (Å²) in [4.78, 5) is 21.3. The van der Waals surface area contributed by atoms with Crippen molar-refractivity contribution in [3.8, 4) is 5.75 Å². The number of carbonyl (C=O) groups is 1. The van der Waals surface area contributed by atoms with Crippen molar-refractivity contribution in [2.24, 2.45) is 16.8 Å². The van der Waals surface area contributed by atoms with Gasteiger partial charge in [-0.2, -0.15) is 0 Å². The molecule has 0 spiro atoms. The highest BCUT2D eigenvalue weighted by molar-refractivity contribution is 6.01. The van der Waals surface area contributed by atoms with E-state index in [1.165, 1.54) is 0 Å². The van der Waals surface area contributed by atoms with E-state index in [9.17, 15) is 4.79 Å². The fourth-order valence-corrected chi connectivity index (χ4v) is 3.36. The second kappa shape index (κ2) is 6.90. The number of para-hydroxylation sites is 1. The summed E-state index contributed by atoms with van der Waals surface area (Å²) in [6.45, 7) is 4.21. The van der Waals surface area contributed by atoms with E-state index >= 15 is 0 Å². The average Bonchev–Trinajstić information content (AvgIpc) is 3.06. The van der Waals surface area contributed by atoms with Crippen molar-refractivity contribution in [2.75, 3.05) is 0 Å². The number of allylic oxidation sites excluding steroid dienone is 1. The molecule has 1 fully saturated rings. The first-order valence-corrected chi connectivity index (χ1v) is 9.19. The molecule has 1 N–H and O–H groups in total. The number of benzene rings is 1. The standard InChI is InChI=1S/C21H23N3O2/c1-13(2)17-8-9-19(23-17)24-21(25)15-11-16(12-15)26-18-7-3-5-14-6-4-10-22-20(14)18/h3-8,10,13,15-16H,9,11-12H2,1-2H3,(H,23,24,25). The lowest BCUT2D eigenvalue weighted by atomic mass is 9.81. The van der Waals surface area contributed by atoms with E-state index in [0.29, 0.717) is 12.3 Å². The molecule has 26 heavy (non-hydrogen) atoms. The summed E-state index contributed by atoms with van der Waals surface area (Å²) in [6, 6.07) is 9.87. The van der Waals surface area contributed by atoms with Crippen LogP contribution in [0.15, 0.2) is 53.3 Å². The van der Waals surface area contributed by atoms with Gasteiger partial charge in [-0.1, -0.05) is 38.1 Å². The van der Waals surface area contributed by atoms with Gasteiger partial charge < -0.3 is 10.1 Å². The third-order valence-corrected chi connectivity index (χ3v) is 4.98. The molecule has 2 aromatic rings. The van der Waals surface area contributed by atoms with Crippen molar-refractivity contribution in [1.82, 2.24) is 10.3 Å². The number of nitrogens with one attached hydrogen (secondary N) is 1. The fraction of sp³-hybridized carbons (Fsp3) is 0.381. The number of ether oxygens (including phenoxy) is 1. The average molecular weight is 349 g/mol. The number of carbonyl (C=O) groups excluding carboxylic acids is 1. The molecule has 1 aliphatic heterocycles. The number of amides is 1. The van der Waals surface area contributed by atoms with Gasteiger partial charge in [0.2, 0.25) is 5.91 Å². The number of fused-ring (bicyclic) bond motifs is 1. The Morgan fingerprint density at radius 3 is 2.81 bits per heavy atom. The molecule has 2 aliphatic rings. The monoisotopic (exact) mass is 349 g/mol. The van der Waals surface area contributed by atoms with E-state index < -0.39 is 0 Å². The summed E-state index contributed by atoms with van der Waals surface area (Å²) >= 11 is 0. The van der Waals surface area contributed by atoms with Gasteiger partial charge in [0.15, 0.2) is 0 Å². The van der Waals surface area contributed by atoms with Crippen LogP contribution in [0.3, 0.4) is 0 Å². The molecule has 1 aliphatic carbocycles. The zero-order chi connectivity index (χ0) is 18.1. The van der Waals surface area contributed by atoms with Crippen molar-refractivity contribution in [3.05, 3.63) is 48.3 Å². The van der Waals surface area contributed by atoms with Crippen molar-refractivity contribution in [2.45, 2.75) is 39.2 Å². The molecule has 0 bridgehead atoms. The molecule has 2 heterocycles. The van der Waals surface area contributed by atoms with Crippen molar-refractivity contribution in [1.29, 1.82) is 0 Å². The molecule has 5 nitrogen and oxygen atoms in total. The predicted octanol–water partition coefficient (Wildman–Crippen LogP) is 3.85. The molecule has 0 unspecified atom stereocenters. The van der Waals surface area contributed by atoms with E-state index in [1.54, 1.807) is 6.20 Å². The summed E-state index contributed by atoms with van der Waals surface area (Å²) in [5.74, 6) is 1.99. The third kappa shape index (κ3) is 3.34. The van der Waals surface area contributed by atoms with Gasteiger partial charge >= 0.3 is 0 Å². The van der Waals surface area contributed by atoms with Crippen LogP contribution in [0, 0.1) is 11.8 Å². The van der Waals surface area contributed by atoms with Gasteiger partial charge in [0.1, 0.15) is 23.2 Å². The fourth-order valence-electron chi connectivity index (χ4n) is 3.36. The molecule has 1 aromatic carbocycles. The second-order valence-corrected chi connectivity index (χ2v) is 7.28. The lowest BCUT2D eigenvalue weighted by Gasteiger charge is -2.34. The first-order valence-electron chi connectivity index (χ1n) is 9.19. The predicted molar refractivity (Wildman–Crippen MR) is 102 cm³/mol. The van der Waals surface area contributed by atoms with Gasteiger partial charge in [-0.05, 0) is 30.9 Å². The van der Waals surface area contributed by atoms with Crippen LogP contribution in [0.1, 0.15) is 33.1 Å². The van der Waals surface area contributed by atoms with Crippen LogP contribution in [-0.2, 0) is 4.79 Å². The number of pyridine rings is 1. The van der Waals surface area contributed by atoms with E-state index in [1.807, 2.05) is 30.3 Å². The molecule has 5 heteroatoms. The van der Waals surface area contributed by atoms with E-state index in [-0.39, 0.29) is 17.9 Å². The smallest absolute Gasteiger partial charge is 0.228 e. The highest BCUT2D eigenvalue weighted by Crippen LogP contribution is 2.34. The maximum atomic E-state index is 12.4. The summed E-state index contributed by atoms with van der Waals surface area (Å²) in [6.07, 6.45) is 6.09. The summed E-state index contributed by atoms with van der Waals surface area (Å²) < 4.78 is 6.08. The molecular weight excluding hydrogens is 326 g/mol. The van der Waals surface area contributed by atoms with Crippen molar-refractivity contribution >= 4 is 22.6 Å². The Morgan fingerprint density at radius 1 is 1.23 bits per heavy atom. The van der Waals surface area contributed by atoms with E-state index in [2.05, 4.69) is 35.2 Å². The number of hydrogen-bond donors (Lipinski definition) is 1. The molecular formula is C21H23N3O2. The first-order chi connectivity index (χ1) is 12.6. The van der Waals surface area contributed by atoms with Crippen LogP contribution >= 0.6 is 0 Å². The minimum atomic E-state index is -0.00580. The molecule has 1 aromatic heterocycles. The van der Waals surface area contributed by atoms with Crippen LogP contribution in [0.5, 0.6) is 5.75 Å². The summed E-state index contributed by atoms with van der Waals surface area (Å²) in [5.41, 5.74) is 1.93. The number of aliphatic imine (C=N–C) groups is 1. The Hall–Kier alpha value is -2.69. The maximum absolute atomic E-state index is 12.4. The van der Waals surface area contributed by atoms with Gasteiger partial charge in [0.25, 0.3) is 0 Å². The maximum Gasteiger partial charge on any atom is 0.228 e. The first kappa shape index (κ1) is 16.8. The third-order valence-electron chi connectivity index (χ3n) is 4.98. The minimum Gasteiger partial charge on any atom is -0.488 e. The Labute approximate surface area is 153 Å². The minimum absolute atomic E-state index is 0.00580. The van der Waals surface area contributed by atoms with Gasteiger partial charge in [0.05, 0.1) is 0 Å². The largest absolute Gasteiger partial charge is 0.488 e. The topological polar surface area (TPSA) is 63.6 Å². The Morgan fingerprint density at radius 2 is 2.04 bits per heavy atom. The molecule has 134 valence electrons. The molecule has 4 rings (SSSR count). The number of nitrogens with zero attached hydrogens (tertiary/aromatic N) is 2. The molecule has 1 amide bonds. The number of rotatable bonds is 4.